The van der Waals surface area contributed by atoms with Gasteiger partial charge in [0.2, 0.25) is 0 Å². The second-order valence-electron chi connectivity index (χ2n) is 1.55. The van der Waals surface area contributed by atoms with Crippen LogP contribution in [0.25, 0.3) is 0 Å². The van der Waals surface area contributed by atoms with Crippen molar-refractivity contribution in [3.05, 3.63) is 0 Å². The predicted octanol–water partition coefficient (Wildman–Crippen LogP) is 2.46. The van der Waals surface area contributed by atoms with Gasteiger partial charge in [-0.15, -0.1) is 12.4 Å². The molecular weight excluding hydrogens is 163 g/mol. The molecule has 6 heavy (non-hydrogen) atoms. The molecule has 0 amide bonds. The van der Waals surface area contributed by atoms with Crippen LogP contribution in [-0.4, -0.2) is 5.33 Å². The van der Waals surface area contributed by atoms with Gasteiger partial charge < -0.3 is 0 Å². The molecule has 0 spiro atoms. The van der Waals surface area contributed by atoms with Crippen LogP contribution in [0.2, 0.25) is 0 Å². The van der Waals surface area contributed by atoms with Crippen molar-refractivity contribution in [1.82, 2.24) is 0 Å². The summed E-state index contributed by atoms with van der Waals surface area (Å²) in [6, 6.07) is 0. The lowest BCUT2D eigenvalue weighted by Gasteiger charge is -1.88. The van der Waals surface area contributed by atoms with Crippen LogP contribution in [0.1, 0.15) is 13.8 Å². The summed E-state index contributed by atoms with van der Waals surface area (Å²) in [5.41, 5.74) is 0. The summed E-state index contributed by atoms with van der Waals surface area (Å²) in [5, 5.41) is 1.12. The van der Waals surface area contributed by atoms with Crippen LogP contribution in [0, 0.1) is 5.92 Å². The molecular formula is C4H10BrCl. The molecule has 0 aromatic rings. The van der Waals surface area contributed by atoms with Crippen LogP contribution in [-0.2, 0) is 0 Å². The lowest BCUT2D eigenvalue weighted by molar-refractivity contribution is 0.756. The SMILES string of the molecule is CC(C)CBr.Cl. The molecule has 0 aliphatic carbocycles. The summed E-state index contributed by atoms with van der Waals surface area (Å²) in [5.74, 6) is 0.801. The first-order chi connectivity index (χ1) is 2.27. The maximum absolute atomic E-state index is 3.31. The van der Waals surface area contributed by atoms with Gasteiger partial charge in [0.15, 0.2) is 0 Å². The van der Waals surface area contributed by atoms with Crippen molar-refractivity contribution in [2.75, 3.05) is 5.33 Å². The Morgan fingerprint density at radius 2 is 1.67 bits per heavy atom. The summed E-state index contributed by atoms with van der Waals surface area (Å²) in [6.07, 6.45) is 0. The van der Waals surface area contributed by atoms with E-state index in [9.17, 15) is 0 Å². The van der Waals surface area contributed by atoms with Crippen molar-refractivity contribution in [1.29, 1.82) is 0 Å². The zero-order valence-electron chi connectivity index (χ0n) is 4.07. The lowest BCUT2D eigenvalue weighted by Crippen LogP contribution is -1.82. The molecule has 0 saturated heterocycles. The average Bonchev–Trinajstić information content (AvgIpc) is 1.38. The molecule has 0 saturated carbocycles. The molecule has 0 radical (unpaired) electrons. The number of hydrogen-bond acceptors (Lipinski definition) is 0. The van der Waals surface area contributed by atoms with Gasteiger partial charge in [-0.25, -0.2) is 0 Å². The van der Waals surface area contributed by atoms with Crippen LogP contribution in [0.4, 0.5) is 0 Å². The molecule has 0 atom stereocenters. The standard InChI is InChI=1S/C4H9Br.ClH/c1-4(2)3-5;/h4H,3H2,1-2H3;1H. The minimum absolute atomic E-state index is 0. The molecule has 0 N–H and O–H groups in total. The average molecular weight is 173 g/mol. The van der Waals surface area contributed by atoms with E-state index in [1.54, 1.807) is 0 Å². The van der Waals surface area contributed by atoms with E-state index in [4.69, 9.17) is 0 Å². The maximum atomic E-state index is 3.31. The first-order valence-corrected chi connectivity index (χ1v) is 2.95. The van der Waals surface area contributed by atoms with E-state index in [2.05, 4.69) is 29.8 Å². The van der Waals surface area contributed by atoms with Gasteiger partial charge in [-0.05, 0) is 5.92 Å². The van der Waals surface area contributed by atoms with Gasteiger partial charge in [0.1, 0.15) is 0 Å². The van der Waals surface area contributed by atoms with Gasteiger partial charge in [-0.2, -0.15) is 0 Å². The van der Waals surface area contributed by atoms with Crippen molar-refractivity contribution >= 4 is 28.3 Å². The summed E-state index contributed by atoms with van der Waals surface area (Å²) in [4.78, 5) is 0. The van der Waals surface area contributed by atoms with E-state index in [1.807, 2.05) is 0 Å². The molecule has 0 aliphatic heterocycles. The van der Waals surface area contributed by atoms with E-state index in [0.29, 0.717) is 0 Å². The first kappa shape index (κ1) is 9.91. The fourth-order valence-electron chi connectivity index (χ4n) is 0. The summed E-state index contributed by atoms with van der Waals surface area (Å²) in [7, 11) is 0. The van der Waals surface area contributed by atoms with Gasteiger partial charge in [0.25, 0.3) is 0 Å². The van der Waals surface area contributed by atoms with Gasteiger partial charge in [-0.3, -0.25) is 0 Å². The third kappa shape index (κ3) is 8.84. The fraction of sp³-hybridized carbons (Fsp3) is 1.00. The zero-order valence-corrected chi connectivity index (χ0v) is 6.47. The molecule has 0 nitrogen and oxygen atoms in total. The van der Waals surface area contributed by atoms with Crippen molar-refractivity contribution < 1.29 is 0 Å². The first-order valence-electron chi connectivity index (χ1n) is 1.83. The van der Waals surface area contributed by atoms with Crippen LogP contribution in [0.15, 0.2) is 0 Å². The molecule has 0 heterocycles. The highest BCUT2D eigenvalue weighted by atomic mass is 79.9. The Bertz CT molecular complexity index is 21.5. The van der Waals surface area contributed by atoms with E-state index < -0.39 is 0 Å². The smallest absolute Gasteiger partial charge is 0.00544 e. The van der Waals surface area contributed by atoms with E-state index >= 15 is 0 Å². The van der Waals surface area contributed by atoms with E-state index in [1.165, 1.54) is 0 Å². The fourth-order valence-corrected chi connectivity index (χ4v) is 0. The summed E-state index contributed by atoms with van der Waals surface area (Å²) in [6.45, 7) is 4.35. The summed E-state index contributed by atoms with van der Waals surface area (Å²) < 4.78 is 0. The van der Waals surface area contributed by atoms with Crippen LogP contribution in [0.3, 0.4) is 0 Å². The van der Waals surface area contributed by atoms with Crippen molar-refractivity contribution in [3.63, 3.8) is 0 Å². The monoisotopic (exact) mass is 172 g/mol. The van der Waals surface area contributed by atoms with Crippen LogP contribution in [0.5, 0.6) is 0 Å². The number of rotatable bonds is 1. The van der Waals surface area contributed by atoms with Crippen molar-refractivity contribution in [2.24, 2.45) is 5.92 Å². The highest BCUT2D eigenvalue weighted by Gasteiger charge is 1.81. The largest absolute Gasteiger partial charge is 0.147 e. The number of halogens is 2. The molecule has 0 unspecified atom stereocenters. The second-order valence-corrected chi connectivity index (χ2v) is 2.20. The lowest BCUT2D eigenvalue weighted by atomic mass is 10.3. The van der Waals surface area contributed by atoms with Crippen LogP contribution < -0.4 is 0 Å². The zero-order chi connectivity index (χ0) is 4.28. The van der Waals surface area contributed by atoms with Gasteiger partial charge in [0, 0.05) is 5.33 Å². The Balaban J connectivity index is 0. The molecule has 0 aliphatic rings. The topological polar surface area (TPSA) is 0 Å². The second kappa shape index (κ2) is 5.77. The van der Waals surface area contributed by atoms with E-state index in [-0.39, 0.29) is 12.4 Å². The highest BCUT2D eigenvalue weighted by molar-refractivity contribution is 9.09. The molecule has 0 fully saturated rings. The Hall–Kier alpha value is 0.770. The highest BCUT2D eigenvalue weighted by Crippen LogP contribution is 1.94. The van der Waals surface area contributed by atoms with Crippen molar-refractivity contribution in [2.45, 2.75) is 13.8 Å². The third-order valence-electron chi connectivity index (χ3n) is 0.309. The van der Waals surface area contributed by atoms with Crippen LogP contribution >= 0.6 is 28.3 Å². The Morgan fingerprint density at radius 1 is 1.50 bits per heavy atom. The molecule has 2 heteroatoms. The van der Waals surface area contributed by atoms with E-state index in [0.717, 1.165) is 11.2 Å². The Kier molecular flexibility index (Phi) is 9.53. The number of alkyl halides is 1. The predicted molar refractivity (Wildman–Crippen MR) is 35.9 cm³/mol. The Morgan fingerprint density at radius 3 is 1.67 bits per heavy atom. The van der Waals surface area contributed by atoms with Gasteiger partial charge in [0.05, 0.1) is 0 Å². The van der Waals surface area contributed by atoms with Gasteiger partial charge in [-0.1, -0.05) is 29.8 Å². The summed E-state index contributed by atoms with van der Waals surface area (Å²) >= 11 is 3.31. The molecule has 0 aromatic heterocycles. The molecule has 0 rings (SSSR count). The molecule has 0 bridgehead atoms. The third-order valence-corrected chi connectivity index (χ3v) is 1.60. The normalized spacial score (nSPS) is 8.00. The quantitative estimate of drug-likeness (QED) is 0.535. The minimum atomic E-state index is 0. The number of hydrogen-bond donors (Lipinski definition) is 0. The van der Waals surface area contributed by atoms with Crippen molar-refractivity contribution in [3.8, 4) is 0 Å². The minimum Gasteiger partial charge on any atom is -0.147 e. The molecule has 0 aromatic carbocycles. The Labute approximate surface area is 53.9 Å². The molecule has 40 valence electrons. The van der Waals surface area contributed by atoms with Gasteiger partial charge >= 0.3 is 0 Å². The maximum Gasteiger partial charge on any atom is 0.00544 e.